The zero-order chi connectivity index (χ0) is 10.4. The highest BCUT2D eigenvalue weighted by molar-refractivity contribution is 5.85. The van der Waals surface area contributed by atoms with Crippen molar-refractivity contribution in [1.82, 2.24) is 9.97 Å². The molecule has 0 saturated carbocycles. The van der Waals surface area contributed by atoms with Gasteiger partial charge in [0.2, 0.25) is 5.82 Å². The largest absolute Gasteiger partial charge is 0.463 e. The van der Waals surface area contributed by atoms with E-state index >= 15 is 0 Å². The van der Waals surface area contributed by atoms with Gasteiger partial charge in [0.1, 0.15) is 6.29 Å². The molecule has 5 nitrogen and oxygen atoms in total. The zero-order valence-electron chi connectivity index (χ0n) is 7.51. The van der Waals surface area contributed by atoms with Gasteiger partial charge in [0.15, 0.2) is 0 Å². The summed E-state index contributed by atoms with van der Waals surface area (Å²) in [6, 6.07) is 0. The van der Waals surface area contributed by atoms with Crippen LogP contribution in [0.3, 0.4) is 0 Å². The number of carbonyl (C=O) groups excluding carboxylic acids is 2. The van der Waals surface area contributed by atoms with Crippen LogP contribution in [0.15, 0.2) is 18.5 Å². The van der Waals surface area contributed by atoms with Gasteiger partial charge < -0.3 is 4.74 Å². The lowest BCUT2D eigenvalue weighted by molar-refractivity contribution is -0.104. The average Bonchev–Trinajstić information content (AvgIpc) is 2.26. The molecule has 0 atom stereocenters. The first kappa shape index (κ1) is 10.0. The second kappa shape index (κ2) is 4.86. The zero-order valence-corrected chi connectivity index (χ0v) is 7.51. The molecule has 0 aliphatic carbocycles. The van der Waals surface area contributed by atoms with Crippen LogP contribution in [-0.2, 0) is 9.53 Å². The summed E-state index contributed by atoms with van der Waals surface area (Å²) >= 11 is 0. The van der Waals surface area contributed by atoms with Gasteiger partial charge in [0.25, 0.3) is 0 Å². The molecule has 5 heteroatoms. The Hall–Kier alpha value is -2.04. The molecule has 0 unspecified atom stereocenters. The molecule has 0 aromatic carbocycles. The maximum Gasteiger partial charge on any atom is 0.376 e. The van der Waals surface area contributed by atoms with Crippen LogP contribution in [0, 0.1) is 0 Å². The molecular weight excluding hydrogens is 184 g/mol. The van der Waals surface area contributed by atoms with Gasteiger partial charge in [-0.1, -0.05) is 0 Å². The Morgan fingerprint density at radius 1 is 1.43 bits per heavy atom. The average molecular weight is 192 g/mol. The monoisotopic (exact) mass is 192 g/mol. The minimum atomic E-state index is -0.587. The first-order valence-electron chi connectivity index (χ1n) is 3.80. The highest BCUT2D eigenvalue weighted by Crippen LogP contribution is 1.99. The number of nitrogens with zero attached hydrogens (tertiary/aromatic N) is 2. The third-order valence-electron chi connectivity index (χ3n) is 1.41. The van der Waals surface area contributed by atoms with E-state index < -0.39 is 5.97 Å². The fourth-order valence-corrected chi connectivity index (χ4v) is 0.771. The van der Waals surface area contributed by atoms with Gasteiger partial charge in [-0.2, -0.15) is 0 Å². The van der Waals surface area contributed by atoms with Crippen molar-refractivity contribution in [3.8, 4) is 0 Å². The Labute approximate surface area is 80.4 Å². The first-order valence-corrected chi connectivity index (χ1v) is 3.80. The highest BCUT2D eigenvalue weighted by atomic mass is 16.5. The summed E-state index contributed by atoms with van der Waals surface area (Å²) < 4.78 is 4.42. The van der Waals surface area contributed by atoms with Gasteiger partial charge in [0, 0.05) is 18.0 Å². The second-order valence-electron chi connectivity index (χ2n) is 2.33. The van der Waals surface area contributed by atoms with Crippen LogP contribution < -0.4 is 0 Å². The maximum atomic E-state index is 10.9. The number of hydrogen-bond donors (Lipinski definition) is 0. The number of carbonyl (C=O) groups is 2. The third kappa shape index (κ3) is 2.48. The van der Waals surface area contributed by atoms with Gasteiger partial charge in [-0.15, -0.1) is 0 Å². The van der Waals surface area contributed by atoms with Gasteiger partial charge in [-0.3, -0.25) is 4.79 Å². The fraction of sp³-hybridized carbons (Fsp3) is 0.111. The number of aromatic nitrogens is 2. The molecular formula is C9H8N2O3. The lowest BCUT2D eigenvalue weighted by Gasteiger charge is -1.96. The van der Waals surface area contributed by atoms with Crippen LogP contribution in [0.25, 0.3) is 6.08 Å². The van der Waals surface area contributed by atoms with Crippen molar-refractivity contribution in [3.05, 3.63) is 29.9 Å². The quantitative estimate of drug-likeness (QED) is 0.395. The molecule has 0 amide bonds. The minimum absolute atomic E-state index is 0.00393. The summed E-state index contributed by atoms with van der Waals surface area (Å²) in [5.74, 6) is -0.591. The van der Waals surface area contributed by atoms with Gasteiger partial charge in [-0.05, 0) is 12.2 Å². The summed E-state index contributed by atoms with van der Waals surface area (Å²) in [5.41, 5.74) is 0.643. The molecule has 1 aromatic rings. The molecule has 0 radical (unpaired) electrons. The summed E-state index contributed by atoms with van der Waals surface area (Å²) in [5, 5.41) is 0. The van der Waals surface area contributed by atoms with Crippen LogP contribution in [0.4, 0.5) is 0 Å². The Bertz CT molecular complexity index is 357. The van der Waals surface area contributed by atoms with E-state index in [0.717, 1.165) is 0 Å². The van der Waals surface area contributed by atoms with E-state index in [9.17, 15) is 9.59 Å². The number of aldehydes is 1. The predicted octanol–water partition coefficient (Wildman–Crippen LogP) is 0.475. The summed E-state index contributed by atoms with van der Waals surface area (Å²) in [4.78, 5) is 28.4. The molecule has 1 aromatic heterocycles. The van der Waals surface area contributed by atoms with Crippen LogP contribution in [0.2, 0.25) is 0 Å². The van der Waals surface area contributed by atoms with E-state index in [0.29, 0.717) is 11.8 Å². The summed E-state index contributed by atoms with van der Waals surface area (Å²) in [6.45, 7) is 0. The highest BCUT2D eigenvalue weighted by Gasteiger charge is 2.06. The van der Waals surface area contributed by atoms with Gasteiger partial charge >= 0.3 is 5.97 Å². The topological polar surface area (TPSA) is 69.2 Å². The second-order valence-corrected chi connectivity index (χ2v) is 2.33. The normalized spacial score (nSPS) is 10.1. The molecule has 0 spiro atoms. The summed E-state index contributed by atoms with van der Waals surface area (Å²) in [6.07, 6.45) is 6.36. The third-order valence-corrected chi connectivity index (χ3v) is 1.41. The maximum absolute atomic E-state index is 10.9. The summed E-state index contributed by atoms with van der Waals surface area (Å²) in [7, 11) is 1.26. The van der Waals surface area contributed by atoms with Crippen molar-refractivity contribution < 1.29 is 14.3 Å². The van der Waals surface area contributed by atoms with E-state index in [1.165, 1.54) is 31.7 Å². The molecule has 1 heterocycles. The molecule has 0 fully saturated rings. The fourth-order valence-electron chi connectivity index (χ4n) is 0.771. The number of esters is 1. The number of hydrogen-bond acceptors (Lipinski definition) is 5. The molecule has 0 aliphatic heterocycles. The molecule has 0 saturated heterocycles. The molecule has 0 bridgehead atoms. The van der Waals surface area contributed by atoms with Crippen LogP contribution in [0.1, 0.15) is 16.2 Å². The lowest BCUT2D eigenvalue weighted by atomic mass is 10.3. The van der Waals surface area contributed by atoms with Crippen molar-refractivity contribution in [2.24, 2.45) is 0 Å². The van der Waals surface area contributed by atoms with Crippen molar-refractivity contribution in [2.45, 2.75) is 0 Å². The predicted molar refractivity (Wildman–Crippen MR) is 48.5 cm³/mol. The Morgan fingerprint density at radius 2 is 2.07 bits per heavy atom. The molecule has 72 valence electrons. The molecule has 0 aliphatic rings. The van der Waals surface area contributed by atoms with Crippen LogP contribution in [0.5, 0.6) is 0 Å². The number of methoxy groups -OCH3 is 1. The van der Waals surface area contributed by atoms with Crippen molar-refractivity contribution in [2.75, 3.05) is 7.11 Å². The van der Waals surface area contributed by atoms with E-state index in [4.69, 9.17) is 0 Å². The first-order chi connectivity index (χ1) is 6.77. The number of ether oxygens (including phenoxy) is 1. The van der Waals surface area contributed by atoms with Gasteiger partial charge in [-0.25, -0.2) is 14.8 Å². The van der Waals surface area contributed by atoms with Crippen molar-refractivity contribution in [1.29, 1.82) is 0 Å². The van der Waals surface area contributed by atoms with Gasteiger partial charge in [0.05, 0.1) is 7.11 Å². The number of allylic oxidation sites excluding steroid dienone is 1. The number of rotatable bonds is 3. The van der Waals surface area contributed by atoms with Crippen molar-refractivity contribution >= 4 is 18.3 Å². The smallest absolute Gasteiger partial charge is 0.376 e. The Kier molecular flexibility index (Phi) is 3.49. The van der Waals surface area contributed by atoms with Crippen molar-refractivity contribution in [3.63, 3.8) is 0 Å². The van der Waals surface area contributed by atoms with E-state index in [1.807, 2.05) is 0 Å². The van der Waals surface area contributed by atoms with E-state index in [2.05, 4.69) is 14.7 Å². The van der Waals surface area contributed by atoms with E-state index in [1.54, 1.807) is 0 Å². The molecule has 14 heavy (non-hydrogen) atoms. The Morgan fingerprint density at radius 3 is 2.57 bits per heavy atom. The SMILES string of the molecule is COC(=O)c1ncc(C=CC=O)cn1. The standard InChI is InChI=1S/C9H8N2O3/c1-14-9(13)8-10-5-7(6-11-8)3-2-4-12/h2-6H,1H3. The van der Waals surface area contributed by atoms with Crippen LogP contribution >= 0.6 is 0 Å². The van der Waals surface area contributed by atoms with Crippen LogP contribution in [-0.4, -0.2) is 29.3 Å². The minimum Gasteiger partial charge on any atom is -0.463 e. The molecule has 0 N–H and O–H groups in total. The Balaban J connectivity index is 2.83. The lowest BCUT2D eigenvalue weighted by Crippen LogP contribution is -2.06. The van der Waals surface area contributed by atoms with E-state index in [-0.39, 0.29) is 5.82 Å². The molecule has 1 rings (SSSR count).